The van der Waals surface area contributed by atoms with Crippen LogP contribution in [0.1, 0.15) is 12.0 Å². The van der Waals surface area contributed by atoms with Gasteiger partial charge in [0.1, 0.15) is 5.75 Å². The molecule has 0 atom stereocenters. The van der Waals surface area contributed by atoms with Crippen molar-refractivity contribution in [3.8, 4) is 5.75 Å². The highest BCUT2D eigenvalue weighted by Crippen LogP contribution is 2.17. The second kappa shape index (κ2) is 5.01. The number of rotatable bonds is 4. The summed E-state index contributed by atoms with van der Waals surface area (Å²) in [6, 6.07) is 1.72. The molecule has 0 saturated carbocycles. The van der Waals surface area contributed by atoms with Gasteiger partial charge in [-0.1, -0.05) is 12.2 Å². The highest BCUT2D eigenvalue weighted by Gasteiger charge is 1.97. The van der Waals surface area contributed by atoms with Crippen LogP contribution in [-0.2, 0) is 4.79 Å². The van der Waals surface area contributed by atoms with Crippen LogP contribution in [0.4, 0.5) is 0 Å². The molecule has 0 saturated heterocycles. The van der Waals surface area contributed by atoms with E-state index in [4.69, 9.17) is 9.84 Å². The van der Waals surface area contributed by atoms with Crippen molar-refractivity contribution in [1.29, 1.82) is 0 Å². The van der Waals surface area contributed by atoms with E-state index in [0.29, 0.717) is 5.75 Å². The molecular formula is C10H11NO3. The lowest BCUT2D eigenvalue weighted by molar-refractivity contribution is -0.135. The van der Waals surface area contributed by atoms with E-state index < -0.39 is 5.97 Å². The summed E-state index contributed by atoms with van der Waals surface area (Å²) in [5.41, 5.74) is 0.774. The number of hydrogen-bond donors (Lipinski definition) is 1. The number of aromatic nitrogens is 1. The van der Waals surface area contributed by atoms with Gasteiger partial charge in [0.25, 0.3) is 0 Å². The summed E-state index contributed by atoms with van der Waals surface area (Å²) in [6.45, 7) is 0. The van der Waals surface area contributed by atoms with Gasteiger partial charge in [0, 0.05) is 18.0 Å². The standard InChI is InChI=1S/C10H11NO3/c1-14-9-5-6-11-7-8(9)3-2-4-10(12)13/h2-3,5-7H,4H2,1H3,(H,12,13). The smallest absolute Gasteiger partial charge is 0.307 e. The molecule has 1 heterocycles. The summed E-state index contributed by atoms with van der Waals surface area (Å²) in [6.07, 6.45) is 6.48. The van der Waals surface area contributed by atoms with E-state index in [1.54, 1.807) is 37.7 Å². The Morgan fingerprint density at radius 1 is 1.71 bits per heavy atom. The van der Waals surface area contributed by atoms with Gasteiger partial charge < -0.3 is 9.84 Å². The number of ether oxygens (including phenoxy) is 1. The fourth-order valence-electron chi connectivity index (χ4n) is 0.992. The first-order valence-electron chi connectivity index (χ1n) is 4.10. The molecule has 0 aliphatic rings. The molecule has 1 rings (SSSR count). The highest BCUT2D eigenvalue weighted by molar-refractivity contribution is 5.70. The molecule has 0 amide bonds. The molecule has 1 aromatic heterocycles. The third kappa shape index (κ3) is 2.90. The molecule has 14 heavy (non-hydrogen) atoms. The minimum Gasteiger partial charge on any atom is -0.496 e. The van der Waals surface area contributed by atoms with Crippen molar-refractivity contribution >= 4 is 12.0 Å². The summed E-state index contributed by atoms with van der Waals surface area (Å²) < 4.78 is 5.06. The van der Waals surface area contributed by atoms with Gasteiger partial charge in [-0.25, -0.2) is 0 Å². The van der Waals surface area contributed by atoms with Crippen molar-refractivity contribution in [2.75, 3.05) is 7.11 Å². The topological polar surface area (TPSA) is 59.4 Å². The second-order valence-corrected chi connectivity index (χ2v) is 2.62. The highest BCUT2D eigenvalue weighted by atomic mass is 16.5. The molecule has 0 aliphatic heterocycles. The largest absolute Gasteiger partial charge is 0.496 e. The summed E-state index contributed by atoms with van der Waals surface area (Å²) in [5, 5.41) is 8.42. The molecule has 1 aromatic rings. The quantitative estimate of drug-likeness (QED) is 0.788. The monoisotopic (exact) mass is 193 g/mol. The molecule has 4 nitrogen and oxygen atoms in total. The summed E-state index contributed by atoms with van der Waals surface area (Å²) >= 11 is 0. The number of aliphatic carboxylic acids is 1. The first-order chi connectivity index (χ1) is 6.74. The summed E-state index contributed by atoms with van der Waals surface area (Å²) in [5.74, 6) is -0.175. The van der Waals surface area contributed by atoms with Gasteiger partial charge in [-0.3, -0.25) is 9.78 Å². The van der Waals surface area contributed by atoms with Crippen molar-refractivity contribution in [1.82, 2.24) is 4.98 Å². The summed E-state index contributed by atoms with van der Waals surface area (Å²) in [4.78, 5) is 14.2. The third-order valence-electron chi connectivity index (χ3n) is 1.62. The van der Waals surface area contributed by atoms with E-state index in [2.05, 4.69) is 4.98 Å². The van der Waals surface area contributed by atoms with Crippen molar-refractivity contribution in [3.63, 3.8) is 0 Å². The number of carboxylic acids is 1. The Morgan fingerprint density at radius 2 is 2.50 bits per heavy atom. The van der Waals surface area contributed by atoms with E-state index >= 15 is 0 Å². The lowest BCUT2D eigenvalue weighted by Crippen LogP contribution is -1.90. The molecular weight excluding hydrogens is 182 g/mol. The fraction of sp³-hybridized carbons (Fsp3) is 0.200. The zero-order chi connectivity index (χ0) is 10.4. The second-order valence-electron chi connectivity index (χ2n) is 2.62. The number of pyridine rings is 1. The molecule has 0 unspecified atom stereocenters. The number of hydrogen-bond acceptors (Lipinski definition) is 3. The van der Waals surface area contributed by atoms with Crippen LogP contribution in [0, 0.1) is 0 Å². The zero-order valence-corrected chi connectivity index (χ0v) is 7.80. The van der Waals surface area contributed by atoms with Crippen LogP contribution in [0.25, 0.3) is 6.08 Å². The SMILES string of the molecule is COc1ccncc1C=CCC(=O)O. The molecule has 0 radical (unpaired) electrons. The first kappa shape index (κ1) is 10.2. The van der Waals surface area contributed by atoms with Gasteiger partial charge in [0.2, 0.25) is 0 Å². The van der Waals surface area contributed by atoms with Crippen molar-refractivity contribution in [2.24, 2.45) is 0 Å². The van der Waals surface area contributed by atoms with Gasteiger partial charge in [0.05, 0.1) is 13.5 Å². The molecule has 4 heteroatoms. The minimum atomic E-state index is -0.857. The lowest BCUT2D eigenvalue weighted by Gasteiger charge is -2.01. The van der Waals surface area contributed by atoms with Crippen LogP contribution >= 0.6 is 0 Å². The van der Waals surface area contributed by atoms with Crippen LogP contribution in [0.5, 0.6) is 5.75 Å². The maximum Gasteiger partial charge on any atom is 0.307 e. The predicted octanol–water partition coefficient (Wildman–Crippen LogP) is 1.58. The Bertz CT molecular complexity index is 347. The van der Waals surface area contributed by atoms with Crippen LogP contribution < -0.4 is 4.74 Å². The molecule has 0 bridgehead atoms. The first-order valence-corrected chi connectivity index (χ1v) is 4.10. The Labute approximate surface area is 81.9 Å². The Hall–Kier alpha value is -1.84. The molecule has 0 spiro atoms. The van der Waals surface area contributed by atoms with Crippen molar-refractivity contribution in [2.45, 2.75) is 6.42 Å². The Balaban J connectivity index is 2.75. The van der Waals surface area contributed by atoms with E-state index in [1.165, 1.54) is 0 Å². The number of carbonyl (C=O) groups is 1. The molecule has 0 aliphatic carbocycles. The van der Waals surface area contributed by atoms with Crippen LogP contribution in [0.15, 0.2) is 24.5 Å². The van der Waals surface area contributed by atoms with Crippen molar-refractivity contribution < 1.29 is 14.6 Å². The molecule has 0 aromatic carbocycles. The van der Waals surface area contributed by atoms with Crippen molar-refractivity contribution in [3.05, 3.63) is 30.1 Å². The number of carboxylic acid groups (broad SMARTS) is 1. The van der Waals surface area contributed by atoms with E-state index in [-0.39, 0.29) is 6.42 Å². The van der Waals surface area contributed by atoms with Crippen LogP contribution in [0.2, 0.25) is 0 Å². The van der Waals surface area contributed by atoms with E-state index in [0.717, 1.165) is 5.56 Å². The molecule has 0 fully saturated rings. The average molecular weight is 193 g/mol. The van der Waals surface area contributed by atoms with Gasteiger partial charge in [-0.2, -0.15) is 0 Å². The maximum absolute atomic E-state index is 10.2. The number of nitrogens with zero attached hydrogens (tertiary/aromatic N) is 1. The zero-order valence-electron chi connectivity index (χ0n) is 7.80. The third-order valence-corrected chi connectivity index (χ3v) is 1.62. The molecule has 1 N–H and O–H groups in total. The van der Waals surface area contributed by atoms with Gasteiger partial charge >= 0.3 is 5.97 Å². The average Bonchev–Trinajstić information content (AvgIpc) is 2.18. The lowest BCUT2D eigenvalue weighted by atomic mass is 10.2. The molecule has 74 valence electrons. The van der Waals surface area contributed by atoms with Crippen LogP contribution in [0.3, 0.4) is 0 Å². The minimum absolute atomic E-state index is 0.00194. The van der Waals surface area contributed by atoms with E-state index in [1.807, 2.05) is 0 Å². The maximum atomic E-state index is 10.2. The fourth-order valence-corrected chi connectivity index (χ4v) is 0.992. The van der Waals surface area contributed by atoms with Gasteiger partial charge in [-0.05, 0) is 6.07 Å². The van der Waals surface area contributed by atoms with E-state index in [9.17, 15) is 4.79 Å². The Morgan fingerprint density at radius 3 is 3.14 bits per heavy atom. The normalized spacial score (nSPS) is 10.4. The van der Waals surface area contributed by atoms with Gasteiger partial charge in [0.15, 0.2) is 0 Å². The summed E-state index contributed by atoms with van der Waals surface area (Å²) in [7, 11) is 1.56. The van der Waals surface area contributed by atoms with Crippen LogP contribution in [-0.4, -0.2) is 23.2 Å². The predicted molar refractivity (Wildman–Crippen MR) is 52.1 cm³/mol. The number of methoxy groups -OCH3 is 1. The van der Waals surface area contributed by atoms with Gasteiger partial charge in [-0.15, -0.1) is 0 Å². The Kier molecular flexibility index (Phi) is 3.67.